The fourth-order valence-electron chi connectivity index (χ4n) is 7.41. The van der Waals surface area contributed by atoms with Gasteiger partial charge in [-0.1, -0.05) is 176 Å². The molecular weight excluding hydrogens is 1130 g/mol. The summed E-state index contributed by atoms with van der Waals surface area (Å²) in [6, 6.07) is 101. The molecule has 12 heteroatoms. The molecule has 4 N–H and O–H groups in total. The topological polar surface area (TPSA) is 155 Å². The van der Waals surface area contributed by atoms with Gasteiger partial charge in [-0.15, -0.1) is 0 Å². The molecule has 0 saturated carbocycles. The normalized spacial score (nSPS) is 9.40. The number of rotatable bonds is 12. The number of aryl methyl sites for hydroxylation is 2. The SMILES string of the molecule is COc1cccc(C)c1.COc1cccc(C)c1OC.COc1ccccc1.Oc1cccc(O)c1.Oc1cccc(Oc2ccccc2)c1.Oc1ccccc1.c1ccc(Oc2cccc(Oc3cccc(Oc4ccccc4)c3)c2)cc1.c1ccccc1. The van der Waals surface area contributed by atoms with Crippen LogP contribution in [0.25, 0.3) is 0 Å². The molecule has 12 nitrogen and oxygen atoms in total. The van der Waals surface area contributed by atoms with Gasteiger partial charge in [0, 0.05) is 24.3 Å². The number of phenolic OH excluding ortho intramolecular Hbond substituents is 4. The van der Waals surface area contributed by atoms with E-state index in [-0.39, 0.29) is 17.2 Å². The van der Waals surface area contributed by atoms with Gasteiger partial charge in [-0.05, 0) is 152 Å². The predicted octanol–water partition coefficient (Wildman–Crippen LogP) is 20.1. The maximum Gasteiger partial charge on any atom is 0.163 e. The van der Waals surface area contributed by atoms with Gasteiger partial charge >= 0.3 is 0 Å². The van der Waals surface area contributed by atoms with Crippen LogP contribution in [0.15, 0.2) is 328 Å². The zero-order valence-corrected chi connectivity index (χ0v) is 51.2. The Labute approximate surface area is 528 Å². The average Bonchev–Trinajstić information content (AvgIpc) is 3.34. The van der Waals surface area contributed by atoms with Crippen LogP contribution in [-0.4, -0.2) is 48.9 Å². The third-order valence-corrected chi connectivity index (χ3v) is 11.7. The number of benzene rings is 12. The maximum atomic E-state index is 9.21. The predicted molar refractivity (Wildman–Crippen MR) is 360 cm³/mol. The Morgan fingerprint density at radius 2 is 0.500 bits per heavy atom. The number of methoxy groups -OCH3 is 4. The minimum atomic E-state index is 0.0880. The first-order valence-corrected chi connectivity index (χ1v) is 28.4. The van der Waals surface area contributed by atoms with Gasteiger partial charge in [-0.2, -0.15) is 0 Å². The fourth-order valence-corrected chi connectivity index (χ4v) is 7.41. The maximum absolute atomic E-state index is 9.21. The van der Waals surface area contributed by atoms with Gasteiger partial charge in [-0.25, -0.2) is 0 Å². The Balaban J connectivity index is 0.000000200. The standard InChI is InChI=1S/C24H18O3.C12H10O2.C9H12O2.C8H10O.C7H8O.C6H6O2.C6H6O.C6H6/c1-3-9-19(10-4-1)25-21-13-7-15-23(17-21)27-24-16-8-14-22(18-24)26-20-11-5-2-6-12-20;13-10-5-4-8-12(9-10)14-11-6-2-1-3-7-11;1-7-5-4-6-8(10-2)9(7)11-3;1-7-4-3-5-8(6-7)9-2;1-8-7-5-3-2-4-6-7;7-5-2-1-3-6(8)4-5;7-6-4-2-1-3-5-6;1-2-4-6-5-3-1/h1-18H;1-9,13H;4-6H,1-3H3;3-6H,1-2H3;2-6H,1H3;1-4,7-8H;1-5,7H;1-6H. The molecule has 90 heavy (non-hydrogen) atoms. The van der Waals surface area contributed by atoms with Crippen LogP contribution in [0.4, 0.5) is 0 Å². The summed E-state index contributed by atoms with van der Waals surface area (Å²) >= 11 is 0. The fraction of sp³-hybridized carbons (Fsp3) is 0.0769. The van der Waals surface area contributed by atoms with E-state index >= 15 is 0 Å². The summed E-state index contributed by atoms with van der Waals surface area (Å²) in [5.74, 6) is 9.93. The van der Waals surface area contributed by atoms with E-state index in [9.17, 15) is 5.11 Å². The first-order chi connectivity index (χ1) is 43.9. The molecule has 0 radical (unpaired) electrons. The largest absolute Gasteiger partial charge is 0.508 e. The first-order valence-electron chi connectivity index (χ1n) is 28.4. The lowest BCUT2D eigenvalue weighted by molar-refractivity contribution is 0.353. The second-order valence-corrected chi connectivity index (χ2v) is 18.7. The molecule has 0 aliphatic rings. The molecule has 0 aliphatic heterocycles. The second-order valence-electron chi connectivity index (χ2n) is 18.7. The Bertz CT molecular complexity index is 3660. The number of aromatic hydroxyl groups is 4. The van der Waals surface area contributed by atoms with Crippen LogP contribution >= 0.6 is 0 Å². The van der Waals surface area contributed by atoms with Crippen LogP contribution in [0.1, 0.15) is 11.1 Å². The number of phenols is 4. The molecular formula is C78H76O12. The van der Waals surface area contributed by atoms with Gasteiger partial charge in [0.1, 0.15) is 80.5 Å². The van der Waals surface area contributed by atoms with E-state index in [1.54, 1.807) is 83.0 Å². The van der Waals surface area contributed by atoms with Crippen molar-refractivity contribution in [1.82, 2.24) is 0 Å². The Hall–Kier alpha value is -11.8. The molecule has 0 bridgehead atoms. The quantitative estimate of drug-likeness (QED) is 0.0920. The van der Waals surface area contributed by atoms with Crippen molar-refractivity contribution >= 4 is 0 Å². The molecule has 12 aromatic rings. The molecule has 0 amide bonds. The Kier molecular flexibility index (Phi) is 31.7. The zero-order valence-electron chi connectivity index (χ0n) is 51.2. The summed E-state index contributed by atoms with van der Waals surface area (Å²) < 4.78 is 43.3. The van der Waals surface area contributed by atoms with Crippen LogP contribution in [-0.2, 0) is 0 Å². The molecule has 460 valence electrons. The molecule has 0 aromatic heterocycles. The summed E-state index contributed by atoms with van der Waals surface area (Å²) in [4.78, 5) is 0. The molecule has 0 atom stereocenters. The first kappa shape index (κ1) is 69.0. The van der Waals surface area contributed by atoms with E-state index in [1.165, 1.54) is 23.8 Å². The smallest absolute Gasteiger partial charge is 0.163 e. The third-order valence-electron chi connectivity index (χ3n) is 11.7. The van der Waals surface area contributed by atoms with Crippen molar-refractivity contribution < 1.29 is 58.3 Å². The lowest BCUT2D eigenvalue weighted by Gasteiger charge is -2.10. The highest BCUT2D eigenvalue weighted by Gasteiger charge is 2.06. The van der Waals surface area contributed by atoms with E-state index in [0.29, 0.717) is 23.0 Å². The van der Waals surface area contributed by atoms with E-state index in [2.05, 4.69) is 0 Å². The van der Waals surface area contributed by atoms with Crippen LogP contribution < -0.4 is 37.9 Å². The van der Waals surface area contributed by atoms with E-state index in [0.717, 1.165) is 57.3 Å². The van der Waals surface area contributed by atoms with Crippen LogP contribution in [0, 0.1) is 13.8 Å². The Morgan fingerprint density at radius 3 is 0.800 bits per heavy atom. The third kappa shape index (κ3) is 28.9. The molecule has 12 rings (SSSR count). The van der Waals surface area contributed by atoms with Crippen molar-refractivity contribution in [1.29, 1.82) is 0 Å². The highest BCUT2D eigenvalue weighted by molar-refractivity contribution is 5.46. The molecule has 12 aromatic carbocycles. The average molecular weight is 1210 g/mol. The van der Waals surface area contributed by atoms with Crippen molar-refractivity contribution in [3.8, 4) is 92.0 Å². The van der Waals surface area contributed by atoms with Crippen molar-refractivity contribution in [3.05, 3.63) is 339 Å². The summed E-state index contributed by atoms with van der Waals surface area (Å²) in [5, 5.41) is 35.1. The van der Waals surface area contributed by atoms with Crippen molar-refractivity contribution in [2.24, 2.45) is 0 Å². The Morgan fingerprint density at radius 1 is 0.211 bits per heavy atom. The lowest BCUT2D eigenvalue weighted by atomic mass is 10.2. The van der Waals surface area contributed by atoms with E-state index in [1.807, 2.05) is 269 Å². The van der Waals surface area contributed by atoms with Gasteiger partial charge in [0.25, 0.3) is 0 Å². The molecule has 0 unspecified atom stereocenters. The van der Waals surface area contributed by atoms with Gasteiger partial charge in [0.05, 0.1) is 28.4 Å². The van der Waals surface area contributed by atoms with Crippen molar-refractivity contribution in [2.45, 2.75) is 13.8 Å². The van der Waals surface area contributed by atoms with Crippen LogP contribution in [0.3, 0.4) is 0 Å². The summed E-state index contributed by atoms with van der Waals surface area (Å²) in [7, 11) is 6.62. The summed E-state index contributed by atoms with van der Waals surface area (Å²) in [5.41, 5.74) is 2.32. The summed E-state index contributed by atoms with van der Waals surface area (Å²) in [6.45, 7) is 4.03. The minimum Gasteiger partial charge on any atom is -0.508 e. The summed E-state index contributed by atoms with van der Waals surface area (Å²) in [6.07, 6.45) is 0. The molecule has 0 aliphatic carbocycles. The monoisotopic (exact) mass is 1200 g/mol. The van der Waals surface area contributed by atoms with Crippen molar-refractivity contribution in [3.63, 3.8) is 0 Å². The molecule has 0 spiro atoms. The van der Waals surface area contributed by atoms with Gasteiger partial charge in [0.15, 0.2) is 11.5 Å². The van der Waals surface area contributed by atoms with Gasteiger partial charge in [0.2, 0.25) is 0 Å². The second kappa shape index (κ2) is 41.3. The van der Waals surface area contributed by atoms with E-state index in [4.69, 9.17) is 53.2 Å². The number of hydrogen-bond donors (Lipinski definition) is 4. The molecule has 0 saturated heterocycles. The highest BCUT2D eigenvalue weighted by Crippen LogP contribution is 2.32. The lowest BCUT2D eigenvalue weighted by Crippen LogP contribution is -1.91. The minimum absolute atomic E-state index is 0.0880. The number of ether oxygens (including phenoxy) is 8. The van der Waals surface area contributed by atoms with Gasteiger partial charge in [-0.3, -0.25) is 0 Å². The van der Waals surface area contributed by atoms with Crippen molar-refractivity contribution in [2.75, 3.05) is 28.4 Å². The van der Waals surface area contributed by atoms with Crippen LogP contribution in [0.5, 0.6) is 92.0 Å². The number of para-hydroxylation sites is 6. The van der Waals surface area contributed by atoms with Crippen LogP contribution in [0.2, 0.25) is 0 Å². The molecule has 0 heterocycles. The highest BCUT2D eigenvalue weighted by atomic mass is 16.5. The van der Waals surface area contributed by atoms with Gasteiger partial charge < -0.3 is 58.3 Å². The van der Waals surface area contributed by atoms with E-state index < -0.39 is 0 Å². The zero-order chi connectivity index (χ0) is 64.2. The molecule has 0 fully saturated rings. The number of hydrogen-bond acceptors (Lipinski definition) is 12.